The summed E-state index contributed by atoms with van der Waals surface area (Å²) in [6, 6.07) is 0. The average molecular weight is 190 g/mol. The molecule has 13 heavy (non-hydrogen) atoms. The zero-order valence-electron chi connectivity index (χ0n) is 11.7. The summed E-state index contributed by atoms with van der Waals surface area (Å²) in [5, 5.41) is 0. The molecule has 1 aliphatic rings. The molecule has 0 aromatic heterocycles. The average Bonchev–Trinajstić information content (AvgIpc) is 2.99. The van der Waals surface area contributed by atoms with E-state index in [1.165, 1.54) is 19.3 Å². The molecular formula is C13H34. The molecule has 0 N–H and O–H groups in total. The van der Waals surface area contributed by atoms with Crippen molar-refractivity contribution in [3.8, 4) is 0 Å². The molecular weight excluding hydrogens is 156 g/mol. The van der Waals surface area contributed by atoms with Gasteiger partial charge in [-0.3, -0.25) is 0 Å². The van der Waals surface area contributed by atoms with Crippen molar-refractivity contribution in [1.82, 2.24) is 0 Å². The molecule has 86 valence electrons. The normalized spacial score (nSPS) is 10.8. The van der Waals surface area contributed by atoms with Crippen molar-refractivity contribution in [3.63, 3.8) is 0 Å². The van der Waals surface area contributed by atoms with Gasteiger partial charge in [-0.15, -0.1) is 0 Å². The van der Waals surface area contributed by atoms with E-state index in [0.717, 1.165) is 5.92 Å². The Labute approximate surface area is 88.1 Å². The van der Waals surface area contributed by atoms with E-state index in [0.29, 0.717) is 0 Å². The van der Waals surface area contributed by atoms with E-state index in [4.69, 9.17) is 0 Å². The van der Waals surface area contributed by atoms with Crippen LogP contribution in [0.4, 0.5) is 0 Å². The van der Waals surface area contributed by atoms with Crippen LogP contribution in [0.25, 0.3) is 0 Å². The van der Waals surface area contributed by atoms with Gasteiger partial charge in [-0.05, 0) is 5.92 Å². The Hall–Kier alpha value is 0. The molecule has 0 spiro atoms. The van der Waals surface area contributed by atoms with Crippen LogP contribution in [0, 0.1) is 5.92 Å². The van der Waals surface area contributed by atoms with E-state index >= 15 is 0 Å². The molecule has 0 aromatic rings. The Morgan fingerprint density at radius 1 is 0.769 bits per heavy atom. The van der Waals surface area contributed by atoms with Crippen molar-refractivity contribution in [3.05, 3.63) is 0 Å². The van der Waals surface area contributed by atoms with Crippen LogP contribution in [0.1, 0.15) is 81.6 Å². The Kier molecular flexibility index (Phi) is 71.7. The maximum Gasteiger partial charge on any atom is -0.0443 e. The first kappa shape index (κ1) is 23.1. The second-order valence-corrected chi connectivity index (χ2v) is 2.39. The van der Waals surface area contributed by atoms with Crippen LogP contribution >= 0.6 is 0 Å². The Morgan fingerprint density at radius 3 is 0.846 bits per heavy atom. The third kappa shape index (κ3) is 133. The minimum atomic E-state index is 1.08. The summed E-state index contributed by atoms with van der Waals surface area (Å²) >= 11 is 0. The standard InChI is InChI=1S/C4H8.C3H8.3C2H6/c1-4-2-3-4;1-3-2;3*1-2/h4H,2-3H2,1H3;3H2,1-2H3;3*1-2H3. The molecule has 0 aliphatic heterocycles. The van der Waals surface area contributed by atoms with Crippen LogP contribution in [0.5, 0.6) is 0 Å². The third-order valence-electron chi connectivity index (χ3n) is 0.866. The van der Waals surface area contributed by atoms with Gasteiger partial charge in [-0.2, -0.15) is 0 Å². The van der Waals surface area contributed by atoms with Gasteiger partial charge in [0.05, 0.1) is 0 Å². The molecule has 0 atom stereocenters. The van der Waals surface area contributed by atoms with E-state index in [2.05, 4.69) is 20.8 Å². The first-order valence-electron chi connectivity index (χ1n) is 6.31. The molecule has 0 heterocycles. The summed E-state index contributed by atoms with van der Waals surface area (Å²) in [7, 11) is 0. The lowest BCUT2D eigenvalue weighted by atomic mass is 10.5. The van der Waals surface area contributed by atoms with Crippen molar-refractivity contribution >= 4 is 0 Å². The lowest BCUT2D eigenvalue weighted by Gasteiger charge is -1.53. The van der Waals surface area contributed by atoms with Crippen molar-refractivity contribution in [2.75, 3.05) is 0 Å². The highest BCUT2D eigenvalue weighted by molar-refractivity contribution is 4.65. The van der Waals surface area contributed by atoms with Gasteiger partial charge in [0.25, 0.3) is 0 Å². The molecule has 0 unspecified atom stereocenters. The number of hydrogen-bond donors (Lipinski definition) is 0. The summed E-state index contributed by atoms with van der Waals surface area (Å²) in [4.78, 5) is 0. The quantitative estimate of drug-likeness (QED) is 0.445. The molecule has 0 aromatic carbocycles. The van der Waals surface area contributed by atoms with Crippen LogP contribution in [-0.2, 0) is 0 Å². The van der Waals surface area contributed by atoms with Crippen LogP contribution in [0.15, 0.2) is 0 Å². The highest BCUT2D eigenvalue weighted by Crippen LogP contribution is 2.26. The summed E-state index contributed by atoms with van der Waals surface area (Å²) in [5.74, 6) is 1.08. The summed E-state index contributed by atoms with van der Waals surface area (Å²) in [5.41, 5.74) is 0. The fourth-order valence-electron chi connectivity index (χ4n) is 0.167. The van der Waals surface area contributed by atoms with Crippen molar-refractivity contribution in [2.45, 2.75) is 81.6 Å². The lowest BCUT2D eigenvalue weighted by molar-refractivity contribution is 0.983. The second kappa shape index (κ2) is 40.3. The minimum Gasteiger partial charge on any atom is -0.0683 e. The van der Waals surface area contributed by atoms with Crippen molar-refractivity contribution < 1.29 is 0 Å². The predicted octanol–water partition coefficient (Wildman–Crippen LogP) is 5.91. The van der Waals surface area contributed by atoms with Crippen molar-refractivity contribution in [2.24, 2.45) is 5.92 Å². The summed E-state index contributed by atoms with van der Waals surface area (Å²) < 4.78 is 0. The first-order chi connectivity index (χ1) is 6.31. The van der Waals surface area contributed by atoms with Crippen LogP contribution in [0.2, 0.25) is 0 Å². The van der Waals surface area contributed by atoms with E-state index in [1.54, 1.807) is 0 Å². The van der Waals surface area contributed by atoms with Crippen LogP contribution < -0.4 is 0 Å². The van der Waals surface area contributed by atoms with Gasteiger partial charge in [0.2, 0.25) is 0 Å². The number of rotatable bonds is 0. The van der Waals surface area contributed by atoms with Crippen molar-refractivity contribution in [1.29, 1.82) is 0 Å². The largest absolute Gasteiger partial charge is 0.0683 e. The van der Waals surface area contributed by atoms with Gasteiger partial charge in [0.15, 0.2) is 0 Å². The highest BCUT2D eigenvalue weighted by Gasteiger charge is 2.12. The Bertz CT molecular complexity index is 27.0. The molecule has 1 rings (SSSR count). The molecule has 0 saturated heterocycles. The molecule has 1 fully saturated rings. The smallest absolute Gasteiger partial charge is 0.0443 e. The van der Waals surface area contributed by atoms with Gasteiger partial charge < -0.3 is 0 Å². The molecule has 0 nitrogen and oxygen atoms in total. The zero-order chi connectivity index (χ0) is 11.7. The SMILES string of the molecule is CC.CC.CC.CC1CC1.CCC. The summed E-state index contributed by atoms with van der Waals surface area (Å²) in [6.45, 7) is 18.5. The van der Waals surface area contributed by atoms with Gasteiger partial charge in [-0.25, -0.2) is 0 Å². The van der Waals surface area contributed by atoms with Crippen LogP contribution in [0.3, 0.4) is 0 Å². The Morgan fingerprint density at radius 2 is 0.846 bits per heavy atom. The van der Waals surface area contributed by atoms with E-state index in [-0.39, 0.29) is 0 Å². The maximum atomic E-state index is 2.28. The lowest BCUT2D eigenvalue weighted by Crippen LogP contribution is -1.42. The molecule has 1 saturated carbocycles. The third-order valence-corrected chi connectivity index (χ3v) is 0.866. The maximum absolute atomic E-state index is 2.28. The molecule has 0 heteroatoms. The topological polar surface area (TPSA) is 0 Å². The Balaban J connectivity index is -0.0000000413. The molecule has 1 aliphatic carbocycles. The first-order valence-corrected chi connectivity index (χ1v) is 6.31. The fourth-order valence-corrected chi connectivity index (χ4v) is 0.167. The van der Waals surface area contributed by atoms with E-state index in [1.807, 2.05) is 41.5 Å². The number of hydrogen-bond acceptors (Lipinski definition) is 0. The van der Waals surface area contributed by atoms with E-state index < -0.39 is 0 Å². The van der Waals surface area contributed by atoms with Gasteiger partial charge in [0.1, 0.15) is 0 Å². The zero-order valence-corrected chi connectivity index (χ0v) is 11.7. The second-order valence-electron chi connectivity index (χ2n) is 2.39. The predicted molar refractivity (Wildman–Crippen MR) is 68.4 cm³/mol. The molecule has 0 amide bonds. The van der Waals surface area contributed by atoms with Gasteiger partial charge in [0, 0.05) is 0 Å². The van der Waals surface area contributed by atoms with E-state index in [9.17, 15) is 0 Å². The van der Waals surface area contributed by atoms with Gasteiger partial charge in [-0.1, -0.05) is 81.6 Å². The summed E-state index contributed by atoms with van der Waals surface area (Å²) in [6.07, 6.45) is 4.22. The fraction of sp³-hybridized carbons (Fsp3) is 1.00. The molecule has 0 bridgehead atoms. The minimum absolute atomic E-state index is 1.08. The molecule has 0 radical (unpaired) electrons. The van der Waals surface area contributed by atoms with Crippen LogP contribution in [-0.4, -0.2) is 0 Å². The van der Waals surface area contributed by atoms with Gasteiger partial charge >= 0.3 is 0 Å². The highest BCUT2D eigenvalue weighted by atomic mass is 14.2. The monoisotopic (exact) mass is 190 g/mol.